The van der Waals surface area contributed by atoms with Crippen molar-refractivity contribution in [2.75, 3.05) is 12.3 Å². The normalized spacial score (nSPS) is 13.2. The highest BCUT2D eigenvalue weighted by Gasteiger charge is 2.33. The molecule has 5 rings (SSSR count). The van der Waals surface area contributed by atoms with Gasteiger partial charge in [0.2, 0.25) is 5.91 Å². The first-order valence-electron chi connectivity index (χ1n) is 10.2. The lowest BCUT2D eigenvalue weighted by Gasteiger charge is -2.27. The van der Waals surface area contributed by atoms with E-state index in [-0.39, 0.29) is 30.7 Å². The zero-order valence-corrected chi connectivity index (χ0v) is 18.0. The van der Waals surface area contributed by atoms with Crippen molar-refractivity contribution in [1.29, 1.82) is 0 Å². The SMILES string of the molecule is C=CCSc1nc2ccccc2n1C(=O)CCN1C(=O)c2cccc3cccc(c23)C1=O. The highest BCUT2D eigenvalue weighted by Crippen LogP contribution is 2.30. The molecule has 32 heavy (non-hydrogen) atoms. The molecule has 1 aliphatic rings. The van der Waals surface area contributed by atoms with Crippen LogP contribution < -0.4 is 0 Å². The summed E-state index contributed by atoms with van der Waals surface area (Å²) in [6.45, 7) is 3.73. The molecule has 0 bridgehead atoms. The molecular weight excluding hydrogens is 422 g/mol. The molecule has 4 aromatic rings. The summed E-state index contributed by atoms with van der Waals surface area (Å²) in [6, 6.07) is 18.2. The van der Waals surface area contributed by atoms with E-state index in [1.807, 2.05) is 36.4 Å². The molecule has 0 radical (unpaired) electrons. The van der Waals surface area contributed by atoms with E-state index >= 15 is 0 Å². The van der Waals surface area contributed by atoms with Crippen LogP contribution in [-0.4, -0.2) is 44.5 Å². The largest absolute Gasteiger partial charge is 0.274 e. The van der Waals surface area contributed by atoms with Crippen LogP contribution in [0.4, 0.5) is 0 Å². The number of nitrogens with zero attached hydrogens (tertiary/aromatic N) is 3. The van der Waals surface area contributed by atoms with Crippen molar-refractivity contribution in [3.05, 3.63) is 84.4 Å². The van der Waals surface area contributed by atoms with E-state index in [9.17, 15) is 14.4 Å². The van der Waals surface area contributed by atoms with Gasteiger partial charge in [-0.1, -0.05) is 54.2 Å². The van der Waals surface area contributed by atoms with Crippen LogP contribution in [0, 0.1) is 0 Å². The first-order valence-corrected chi connectivity index (χ1v) is 11.2. The van der Waals surface area contributed by atoms with Crippen molar-refractivity contribution in [1.82, 2.24) is 14.5 Å². The van der Waals surface area contributed by atoms with Gasteiger partial charge in [0.15, 0.2) is 5.16 Å². The van der Waals surface area contributed by atoms with Crippen LogP contribution in [0.15, 0.2) is 78.5 Å². The average molecular weight is 442 g/mol. The van der Waals surface area contributed by atoms with Crippen molar-refractivity contribution >= 4 is 51.3 Å². The molecule has 0 saturated heterocycles. The van der Waals surface area contributed by atoms with Gasteiger partial charge in [-0.15, -0.1) is 6.58 Å². The van der Waals surface area contributed by atoms with Crippen molar-refractivity contribution in [2.24, 2.45) is 0 Å². The number of thioether (sulfide) groups is 1. The van der Waals surface area contributed by atoms with Crippen molar-refractivity contribution < 1.29 is 14.4 Å². The Morgan fingerprint density at radius 1 is 0.969 bits per heavy atom. The van der Waals surface area contributed by atoms with Gasteiger partial charge in [0.25, 0.3) is 11.8 Å². The highest BCUT2D eigenvalue weighted by molar-refractivity contribution is 7.99. The van der Waals surface area contributed by atoms with E-state index < -0.39 is 0 Å². The monoisotopic (exact) mass is 441 g/mol. The summed E-state index contributed by atoms with van der Waals surface area (Å²) in [5.41, 5.74) is 2.40. The predicted octanol–water partition coefficient (Wildman–Crippen LogP) is 4.79. The Hall–Kier alpha value is -3.71. The Morgan fingerprint density at radius 3 is 2.34 bits per heavy atom. The maximum Gasteiger partial charge on any atom is 0.261 e. The van der Waals surface area contributed by atoms with Gasteiger partial charge >= 0.3 is 0 Å². The minimum atomic E-state index is -0.371. The molecule has 0 spiro atoms. The summed E-state index contributed by atoms with van der Waals surface area (Å²) < 4.78 is 1.57. The fraction of sp³-hybridized carbons (Fsp3) is 0.120. The number of amides is 2. The number of imide groups is 1. The molecule has 0 atom stereocenters. The third kappa shape index (κ3) is 3.22. The number of carbonyl (C=O) groups is 3. The van der Waals surface area contributed by atoms with E-state index in [0.29, 0.717) is 32.9 Å². The van der Waals surface area contributed by atoms with E-state index in [0.717, 1.165) is 10.9 Å². The number of aromatic nitrogens is 2. The number of imidazole rings is 1. The van der Waals surface area contributed by atoms with Crippen molar-refractivity contribution in [3.8, 4) is 0 Å². The molecule has 7 heteroatoms. The quantitative estimate of drug-likeness (QED) is 0.244. The second-order valence-electron chi connectivity index (χ2n) is 7.43. The maximum atomic E-state index is 13.2. The number of carbonyl (C=O) groups excluding carboxylic acids is 3. The minimum absolute atomic E-state index is 0.000701. The third-order valence-corrected chi connectivity index (χ3v) is 6.45. The smallest absolute Gasteiger partial charge is 0.261 e. The van der Waals surface area contributed by atoms with Gasteiger partial charge < -0.3 is 0 Å². The summed E-state index contributed by atoms with van der Waals surface area (Å²) in [4.78, 5) is 45.1. The van der Waals surface area contributed by atoms with E-state index in [1.54, 1.807) is 34.9 Å². The standard InChI is InChI=1S/C25H19N3O3S/c1-2-15-32-25-26-19-11-3-4-12-20(19)28(25)21(29)13-14-27-23(30)17-9-5-7-16-8-6-10-18(22(16)17)24(27)31/h2-12H,1,13-15H2. The summed E-state index contributed by atoms with van der Waals surface area (Å²) in [5.74, 6) is -0.351. The Labute approximate surface area is 188 Å². The Kier molecular flexibility index (Phi) is 5.11. The van der Waals surface area contributed by atoms with Crippen LogP contribution >= 0.6 is 11.8 Å². The number of rotatable bonds is 6. The Morgan fingerprint density at radius 2 is 1.66 bits per heavy atom. The second kappa shape index (κ2) is 8.09. The van der Waals surface area contributed by atoms with Gasteiger partial charge in [-0.3, -0.25) is 23.9 Å². The lowest BCUT2D eigenvalue weighted by molar-refractivity contribution is 0.0602. The van der Waals surface area contributed by atoms with E-state index in [2.05, 4.69) is 11.6 Å². The molecule has 1 aliphatic heterocycles. The molecule has 0 unspecified atom stereocenters. The van der Waals surface area contributed by atoms with Gasteiger partial charge in [-0.05, 0) is 29.7 Å². The zero-order chi connectivity index (χ0) is 22.2. The molecule has 3 aromatic carbocycles. The maximum absolute atomic E-state index is 13.2. The lowest BCUT2D eigenvalue weighted by atomic mass is 9.94. The fourth-order valence-electron chi connectivity index (χ4n) is 4.08. The number of benzene rings is 3. The van der Waals surface area contributed by atoms with Crippen molar-refractivity contribution in [2.45, 2.75) is 11.6 Å². The predicted molar refractivity (Wildman–Crippen MR) is 125 cm³/mol. The molecule has 158 valence electrons. The fourth-order valence-corrected chi connectivity index (χ4v) is 4.84. The number of hydrogen-bond donors (Lipinski definition) is 0. The topological polar surface area (TPSA) is 72.3 Å². The lowest BCUT2D eigenvalue weighted by Crippen LogP contribution is -2.41. The molecule has 0 aliphatic carbocycles. The van der Waals surface area contributed by atoms with Crippen LogP contribution in [-0.2, 0) is 0 Å². The highest BCUT2D eigenvalue weighted by atomic mass is 32.2. The molecule has 0 N–H and O–H groups in total. The van der Waals surface area contributed by atoms with E-state index in [4.69, 9.17) is 0 Å². The van der Waals surface area contributed by atoms with Crippen LogP contribution in [0.3, 0.4) is 0 Å². The third-order valence-electron chi connectivity index (χ3n) is 5.51. The van der Waals surface area contributed by atoms with Crippen LogP contribution in [0.5, 0.6) is 0 Å². The molecular formula is C25H19N3O3S. The van der Waals surface area contributed by atoms with Gasteiger partial charge in [-0.25, -0.2) is 4.98 Å². The second-order valence-corrected chi connectivity index (χ2v) is 8.42. The molecule has 0 saturated carbocycles. The number of fused-ring (bicyclic) bond motifs is 1. The molecule has 6 nitrogen and oxygen atoms in total. The van der Waals surface area contributed by atoms with Crippen LogP contribution in [0.1, 0.15) is 31.9 Å². The first kappa shape index (κ1) is 20.2. The summed E-state index contributed by atoms with van der Waals surface area (Å²) >= 11 is 1.42. The van der Waals surface area contributed by atoms with Gasteiger partial charge in [-0.2, -0.15) is 0 Å². The van der Waals surface area contributed by atoms with Gasteiger partial charge in [0.1, 0.15) is 0 Å². The van der Waals surface area contributed by atoms with Crippen LogP contribution in [0.25, 0.3) is 21.8 Å². The average Bonchev–Trinajstić information content (AvgIpc) is 3.19. The first-order chi connectivity index (χ1) is 15.6. The summed E-state index contributed by atoms with van der Waals surface area (Å²) in [6.07, 6.45) is 1.75. The number of hydrogen-bond acceptors (Lipinski definition) is 5. The summed E-state index contributed by atoms with van der Waals surface area (Å²) in [7, 11) is 0. The molecule has 2 amide bonds. The Bertz CT molecular complexity index is 1370. The van der Waals surface area contributed by atoms with Crippen molar-refractivity contribution in [3.63, 3.8) is 0 Å². The van der Waals surface area contributed by atoms with E-state index in [1.165, 1.54) is 16.7 Å². The van der Waals surface area contributed by atoms with Crippen LogP contribution in [0.2, 0.25) is 0 Å². The molecule has 2 heterocycles. The summed E-state index contributed by atoms with van der Waals surface area (Å²) in [5, 5.41) is 2.10. The number of para-hydroxylation sites is 2. The minimum Gasteiger partial charge on any atom is -0.274 e. The molecule has 1 aromatic heterocycles. The van der Waals surface area contributed by atoms with Gasteiger partial charge in [0, 0.05) is 35.2 Å². The van der Waals surface area contributed by atoms with Gasteiger partial charge in [0.05, 0.1) is 11.0 Å². The molecule has 0 fully saturated rings. The zero-order valence-electron chi connectivity index (χ0n) is 17.2. The Balaban J connectivity index is 1.44.